The lowest BCUT2D eigenvalue weighted by Gasteiger charge is -2.09. The van der Waals surface area contributed by atoms with Gasteiger partial charge in [0.2, 0.25) is 0 Å². The summed E-state index contributed by atoms with van der Waals surface area (Å²) < 4.78 is 10.9. The number of ether oxygens (including phenoxy) is 2. The average molecular weight is 266 g/mol. The van der Waals surface area contributed by atoms with Gasteiger partial charge in [0.25, 0.3) is 0 Å². The molecule has 1 heterocycles. The third kappa shape index (κ3) is 7.93. The first-order valence-corrected chi connectivity index (χ1v) is 7.06. The molecule has 19 heavy (non-hydrogen) atoms. The summed E-state index contributed by atoms with van der Waals surface area (Å²) in [4.78, 5) is 4.55. The fourth-order valence-corrected chi connectivity index (χ4v) is 1.56. The van der Waals surface area contributed by atoms with Crippen molar-refractivity contribution in [2.24, 2.45) is 0 Å². The Kier molecular flexibility index (Phi) is 8.38. The van der Waals surface area contributed by atoms with E-state index in [9.17, 15) is 0 Å². The SMILES string of the molecule is CCCOCCOCc1cccc(CNC(C)C)n1. The largest absolute Gasteiger partial charge is 0.379 e. The maximum atomic E-state index is 5.54. The summed E-state index contributed by atoms with van der Waals surface area (Å²) in [6, 6.07) is 6.52. The molecule has 0 amide bonds. The third-order valence-electron chi connectivity index (χ3n) is 2.53. The number of aromatic nitrogens is 1. The molecule has 0 saturated carbocycles. The lowest BCUT2D eigenvalue weighted by atomic mass is 10.3. The van der Waals surface area contributed by atoms with E-state index in [2.05, 4.69) is 31.1 Å². The molecule has 0 aliphatic rings. The first-order valence-electron chi connectivity index (χ1n) is 7.06. The molecular weight excluding hydrogens is 240 g/mol. The second-order valence-corrected chi connectivity index (χ2v) is 4.82. The molecule has 0 spiro atoms. The molecule has 0 aromatic carbocycles. The third-order valence-corrected chi connectivity index (χ3v) is 2.53. The van der Waals surface area contributed by atoms with Gasteiger partial charge in [-0.2, -0.15) is 0 Å². The molecule has 0 aliphatic carbocycles. The van der Waals surface area contributed by atoms with Gasteiger partial charge in [-0.25, -0.2) is 0 Å². The van der Waals surface area contributed by atoms with E-state index in [-0.39, 0.29) is 0 Å². The van der Waals surface area contributed by atoms with Gasteiger partial charge < -0.3 is 14.8 Å². The Hall–Kier alpha value is -0.970. The molecular formula is C15H26N2O2. The van der Waals surface area contributed by atoms with E-state index in [1.807, 2.05) is 18.2 Å². The Labute approximate surface area is 116 Å². The van der Waals surface area contributed by atoms with Crippen molar-refractivity contribution >= 4 is 0 Å². The molecule has 108 valence electrons. The Balaban J connectivity index is 2.24. The second kappa shape index (κ2) is 9.89. The Bertz CT molecular complexity index is 343. The maximum Gasteiger partial charge on any atom is 0.0889 e. The number of nitrogens with zero attached hydrogens (tertiary/aromatic N) is 1. The van der Waals surface area contributed by atoms with Crippen LogP contribution in [0.5, 0.6) is 0 Å². The maximum absolute atomic E-state index is 5.54. The molecule has 0 saturated heterocycles. The Morgan fingerprint density at radius 2 is 1.84 bits per heavy atom. The van der Waals surface area contributed by atoms with Gasteiger partial charge in [0.15, 0.2) is 0 Å². The number of nitrogens with one attached hydrogen (secondary N) is 1. The quantitative estimate of drug-likeness (QED) is 0.661. The van der Waals surface area contributed by atoms with Crippen LogP contribution in [0.3, 0.4) is 0 Å². The minimum absolute atomic E-state index is 0.470. The lowest BCUT2D eigenvalue weighted by molar-refractivity contribution is 0.0397. The van der Waals surface area contributed by atoms with Crippen LogP contribution in [-0.4, -0.2) is 30.8 Å². The van der Waals surface area contributed by atoms with Crippen LogP contribution < -0.4 is 5.32 Å². The predicted octanol–water partition coefficient (Wildman–Crippen LogP) is 2.52. The van der Waals surface area contributed by atoms with Crippen molar-refractivity contribution in [1.82, 2.24) is 10.3 Å². The molecule has 1 N–H and O–H groups in total. The van der Waals surface area contributed by atoms with Gasteiger partial charge >= 0.3 is 0 Å². The highest BCUT2D eigenvalue weighted by Crippen LogP contribution is 2.01. The van der Waals surface area contributed by atoms with E-state index in [0.29, 0.717) is 25.9 Å². The molecule has 0 aliphatic heterocycles. The van der Waals surface area contributed by atoms with Gasteiger partial charge in [-0.15, -0.1) is 0 Å². The summed E-state index contributed by atoms with van der Waals surface area (Å²) in [5.41, 5.74) is 2.02. The number of hydrogen-bond donors (Lipinski definition) is 1. The van der Waals surface area contributed by atoms with Crippen LogP contribution in [0.2, 0.25) is 0 Å². The summed E-state index contributed by atoms with van der Waals surface area (Å²) in [6.45, 7) is 9.78. The zero-order valence-corrected chi connectivity index (χ0v) is 12.3. The smallest absolute Gasteiger partial charge is 0.0889 e. The highest BCUT2D eigenvalue weighted by Gasteiger charge is 2.00. The van der Waals surface area contributed by atoms with Crippen LogP contribution in [-0.2, 0) is 22.6 Å². The van der Waals surface area contributed by atoms with Crippen molar-refractivity contribution in [3.05, 3.63) is 29.6 Å². The van der Waals surface area contributed by atoms with E-state index >= 15 is 0 Å². The van der Waals surface area contributed by atoms with Crippen molar-refractivity contribution < 1.29 is 9.47 Å². The first kappa shape index (κ1) is 16.1. The van der Waals surface area contributed by atoms with E-state index in [0.717, 1.165) is 31.0 Å². The standard InChI is InChI=1S/C15H26N2O2/c1-4-8-18-9-10-19-12-15-7-5-6-14(17-15)11-16-13(2)3/h5-7,13,16H,4,8-12H2,1-3H3. The highest BCUT2D eigenvalue weighted by atomic mass is 16.5. The zero-order chi connectivity index (χ0) is 13.9. The van der Waals surface area contributed by atoms with Gasteiger partial charge in [0, 0.05) is 19.2 Å². The fourth-order valence-electron chi connectivity index (χ4n) is 1.56. The molecule has 0 radical (unpaired) electrons. The Morgan fingerprint density at radius 1 is 1.11 bits per heavy atom. The molecule has 0 fully saturated rings. The topological polar surface area (TPSA) is 43.4 Å². The van der Waals surface area contributed by atoms with Crippen LogP contribution in [0, 0.1) is 0 Å². The molecule has 4 nitrogen and oxygen atoms in total. The molecule has 0 unspecified atom stereocenters. The molecule has 1 rings (SSSR count). The van der Waals surface area contributed by atoms with Gasteiger partial charge in [-0.3, -0.25) is 4.98 Å². The summed E-state index contributed by atoms with van der Waals surface area (Å²) in [5.74, 6) is 0. The van der Waals surface area contributed by atoms with Gasteiger partial charge in [0.05, 0.1) is 31.2 Å². The van der Waals surface area contributed by atoms with Crippen molar-refractivity contribution in [3.63, 3.8) is 0 Å². The number of pyridine rings is 1. The normalized spacial score (nSPS) is 11.2. The van der Waals surface area contributed by atoms with Crippen LogP contribution in [0.25, 0.3) is 0 Å². The van der Waals surface area contributed by atoms with Crippen molar-refractivity contribution in [2.45, 2.75) is 46.4 Å². The lowest BCUT2D eigenvalue weighted by Crippen LogP contribution is -2.22. The van der Waals surface area contributed by atoms with Gasteiger partial charge in [0.1, 0.15) is 0 Å². The highest BCUT2D eigenvalue weighted by molar-refractivity contribution is 5.10. The Morgan fingerprint density at radius 3 is 2.58 bits per heavy atom. The van der Waals surface area contributed by atoms with E-state index in [1.54, 1.807) is 0 Å². The molecule has 1 aromatic rings. The predicted molar refractivity (Wildman–Crippen MR) is 77.0 cm³/mol. The van der Waals surface area contributed by atoms with Gasteiger partial charge in [-0.1, -0.05) is 26.8 Å². The molecule has 1 aromatic heterocycles. The van der Waals surface area contributed by atoms with E-state index < -0.39 is 0 Å². The molecule has 4 heteroatoms. The van der Waals surface area contributed by atoms with Crippen LogP contribution in [0.4, 0.5) is 0 Å². The van der Waals surface area contributed by atoms with Gasteiger partial charge in [-0.05, 0) is 18.6 Å². The van der Waals surface area contributed by atoms with Crippen molar-refractivity contribution in [1.29, 1.82) is 0 Å². The monoisotopic (exact) mass is 266 g/mol. The van der Waals surface area contributed by atoms with E-state index in [4.69, 9.17) is 9.47 Å². The zero-order valence-electron chi connectivity index (χ0n) is 12.3. The van der Waals surface area contributed by atoms with Crippen LogP contribution >= 0.6 is 0 Å². The van der Waals surface area contributed by atoms with Crippen LogP contribution in [0.1, 0.15) is 38.6 Å². The summed E-state index contributed by atoms with van der Waals surface area (Å²) in [6.07, 6.45) is 1.05. The summed E-state index contributed by atoms with van der Waals surface area (Å²) in [5, 5.41) is 3.36. The molecule has 0 atom stereocenters. The molecule has 0 bridgehead atoms. The van der Waals surface area contributed by atoms with Crippen molar-refractivity contribution in [2.75, 3.05) is 19.8 Å². The van der Waals surface area contributed by atoms with Crippen molar-refractivity contribution in [3.8, 4) is 0 Å². The minimum Gasteiger partial charge on any atom is -0.379 e. The fraction of sp³-hybridized carbons (Fsp3) is 0.667. The second-order valence-electron chi connectivity index (χ2n) is 4.82. The summed E-state index contributed by atoms with van der Waals surface area (Å²) in [7, 11) is 0. The minimum atomic E-state index is 0.470. The number of rotatable bonds is 10. The first-order chi connectivity index (χ1) is 9.22. The average Bonchev–Trinajstić information content (AvgIpc) is 2.41. The van der Waals surface area contributed by atoms with E-state index in [1.165, 1.54) is 0 Å². The van der Waals surface area contributed by atoms with Crippen LogP contribution in [0.15, 0.2) is 18.2 Å². The number of hydrogen-bond acceptors (Lipinski definition) is 4. The summed E-state index contributed by atoms with van der Waals surface area (Å²) >= 11 is 0.